The van der Waals surface area contributed by atoms with Gasteiger partial charge in [-0.25, -0.2) is 0 Å². The van der Waals surface area contributed by atoms with E-state index in [1.807, 2.05) is 31.0 Å². The molecule has 2 atom stereocenters. The second-order valence-electron chi connectivity index (χ2n) is 4.60. The number of likely N-dealkylation sites (N-methyl/N-ethyl adjacent to an activating group) is 1. The Morgan fingerprint density at radius 2 is 2.47 bits per heavy atom. The Kier molecular flexibility index (Phi) is 3.74. The third-order valence-corrected chi connectivity index (χ3v) is 3.48. The first-order chi connectivity index (χ1) is 8.20. The van der Waals surface area contributed by atoms with Crippen molar-refractivity contribution >= 4 is 5.91 Å². The summed E-state index contributed by atoms with van der Waals surface area (Å²) in [6.07, 6.45) is 4.54. The van der Waals surface area contributed by atoms with Crippen LogP contribution in [0.3, 0.4) is 0 Å². The van der Waals surface area contributed by atoms with E-state index in [4.69, 9.17) is 0 Å². The van der Waals surface area contributed by atoms with Gasteiger partial charge in [0.1, 0.15) is 0 Å². The maximum atomic E-state index is 12.3. The molecule has 2 heterocycles. The molecule has 1 saturated heterocycles. The average molecular weight is 233 g/mol. The molecule has 4 heteroatoms. The van der Waals surface area contributed by atoms with Crippen LogP contribution in [0.1, 0.15) is 24.8 Å². The zero-order valence-corrected chi connectivity index (χ0v) is 10.4. The standard InChI is InChI=1S/C13H19N3O/c1-10(11-4-3-6-14-8-11)13(17)16(2)12-5-7-15-9-12/h3-4,6,8,10,12,15H,5,7,9H2,1-2H3. The summed E-state index contributed by atoms with van der Waals surface area (Å²) in [5, 5.41) is 3.28. The number of nitrogens with one attached hydrogen (secondary N) is 1. The van der Waals surface area contributed by atoms with Crippen molar-refractivity contribution in [3.05, 3.63) is 30.1 Å². The van der Waals surface area contributed by atoms with Crippen molar-refractivity contribution in [1.29, 1.82) is 0 Å². The molecule has 0 aromatic carbocycles. The monoisotopic (exact) mass is 233 g/mol. The van der Waals surface area contributed by atoms with E-state index >= 15 is 0 Å². The summed E-state index contributed by atoms with van der Waals surface area (Å²) in [7, 11) is 1.90. The lowest BCUT2D eigenvalue weighted by atomic mass is 10.0. The lowest BCUT2D eigenvalue weighted by Gasteiger charge is -2.26. The van der Waals surface area contributed by atoms with Crippen molar-refractivity contribution in [2.24, 2.45) is 0 Å². The van der Waals surface area contributed by atoms with Gasteiger partial charge in [0, 0.05) is 32.0 Å². The van der Waals surface area contributed by atoms with E-state index in [-0.39, 0.29) is 11.8 Å². The van der Waals surface area contributed by atoms with Crippen LogP contribution in [0, 0.1) is 0 Å². The van der Waals surface area contributed by atoms with Crippen LogP contribution in [0.4, 0.5) is 0 Å². The summed E-state index contributed by atoms with van der Waals surface area (Å²) in [5.74, 6) is 0.0565. The molecule has 1 N–H and O–H groups in total. The SMILES string of the molecule is CC(C(=O)N(C)C1CCNC1)c1cccnc1. The highest BCUT2D eigenvalue weighted by molar-refractivity contribution is 5.83. The van der Waals surface area contributed by atoms with Crippen molar-refractivity contribution in [3.8, 4) is 0 Å². The first kappa shape index (κ1) is 12.0. The first-order valence-corrected chi connectivity index (χ1v) is 6.07. The number of rotatable bonds is 3. The van der Waals surface area contributed by atoms with Crippen LogP contribution >= 0.6 is 0 Å². The summed E-state index contributed by atoms with van der Waals surface area (Å²) >= 11 is 0. The number of hydrogen-bond donors (Lipinski definition) is 1. The third kappa shape index (κ3) is 2.64. The highest BCUT2D eigenvalue weighted by atomic mass is 16.2. The summed E-state index contributed by atoms with van der Waals surface area (Å²) < 4.78 is 0. The Bertz CT molecular complexity index is 374. The minimum Gasteiger partial charge on any atom is -0.341 e. The molecule has 0 radical (unpaired) electrons. The Hall–Kier alpha value is -1.42. The van der Waals surface area contributed by atoms with Crippen molar-refractivity contribution in [2.45, 2.75) is 25.3 Å². The second kappa shape index (κ2) is 5.27. The van der Waals surface area contributed by atoms with Crippen LogP contribution < -0.4 is 5.32 Å². The van der Waals surface area contributed by atoms with Crippen LogP contribution in [0.15, 0.2) is 24.5 Å². The number of carbonyl (C=O) groups is 1. The largest absolute Gasteiger partial charge is 0.341 e. The summed E-state index contributed by atoms with van der Waals surface area (Å²) in [4.78, 5) is 18.2. The fourth-order valence-electron chi connectivity index (χ4n) is 2.23. The number of aromatic nitrogens is 1. The topological polar surface area (TPSA) is 45.2 Å². The van der Waals surface area contributed by atoms with Gasteiger partial charge in [-0.2, -0.15) is 0 Å². The van der Waals surface area contributed by atoms with Gasteiger partial charge in [-0.15, -0.1) is 0 Å². The number of nitrogens with zero attached hydrogens (tertiary/aromatic N) is 2. The molecule has 2 unspecified atom stereocenters. The van der Waals surface area contributed by atoms with Gasteiger partial charge in [-0.3, -0.25) is 9.78 Å². The van der Waals surface area contributed by atoms with Crippen LogP contribution in [0.2, 0.25) is 0 Å². The molecule has 4 nitrogen and oxygen atoms in total. The quantitative estimate of drug-likeness (QED) is 0.847. The molecule has 1 aromatic heterocycles. The molecule has 0 saturated carbocycles. The summed E-state index contributed by atoms with van der Waals surface area (Å²) in [5.41, 5.74) is 0.982. The number of amides is 1. The zero-order valence-electron chi connectivity index (χ0n) is 10.4. The van der Waals surface area contributed by atoms with Gasteiger partial charge in [-0.05, 0) is 31.5 Å². The van der Waals surface area contributed by atoms with Gasteiger partial charge in [0.15, 0.2) is 0 Å². The molecule has 92 valence electrons. The molecule has 1 aliphatic rings. The lowest BCUT2D eigenvalue weighted by Crippen LogP contribution is -2.40. The fraction of sp³-hybridized carbons (Fsp3) is 0.538. The van der Waals surface area contributed by atoms with E-state index in [1.165, 1.54) is 0 Å². The molecular formula is C13H19N3O. The summed E-state index contributed by atoms with van der Waals surface area (Å²) in [6.45, 7) is 3.85. The van der Waals surface area contributed by atoms with Crippen LogP contribution in [0.25, 0.3) is 0 Å². The van der Waals surface area contributed by atoms with Gasteiger partial charge in [0.25, 0.3) is 0 Å². The Morgan fingerprint density at radius 3 is 3.06 bits per heavy atom. The Labute approximate surface area is 102 Å². The maximum absolute atomic E-state index is 12.3. The number of hydrogen-bond acceptors (Lipinski definition) is 3. The van der Waals surface area contributed by atoms with E-state index in [0.717, 1.165) is 25.1 Å². The molecule has 1 amide bonds. The average Bonchev–Trinajstić information content (AvgIpc) is 2.91. The molecular weight excluding hydrogens is 214 g/mol. The van der Waals surface area contributed by atoms with Gasteiger partial charge < -0.3 is 10.2 Å². The highest BCUT2D eigenvalue weighted by Crippen LogP contribution is 2.18. The van der Waals surface area contributed by atoms with E-state index in [2.05, 4.69) is 10.3 Å². The predicted molar refractivity (Wildman–Crippen MR) is 66.7 cm³/mol. The number of pyridine rings is 1. The van der Waals surface area contributed by atoms with E-state index < -0.39 is 0 Å². The van der Waals surface area contributed by atoms with Crippen LogP contribution in [0.5, 0.6) is 0 Å². The van der Waals surface area contributed by atoms with E-state index in [1.54, 1.807) is 12.4 Å². The number of carbonyl (C=O) groups excluding carboxylic acids is 1. The molecule has 1 fully saturated rings. The Morgan fingerprint density at radius 1 is 1.65 bits per heavy atom. The molecule has 1 aromatic rings. The fourth-order valence-corrected chi connectivity index (χ4v) is 2.23. The minimum absolute atomic E-state index is 0.116. The first-order valence-electron chi connectivity index (χ1n) is 6.07. The smallest absolute Gasteiger partial charge is 0.229 e. The third-order valence-electron chi connectivity index (χ3n) is 3.48. The molecule has 0 spiro atoms. The normalized spacial score (nSPS) is 21.2. The maximum Gasteiger partial charge on any atom is 0.229 e. The highest BCUT2D eigenvalue weighted by Gasteiger charge is 2.27. The second-order valence-corrected chi connectivity index (χ2v) is 4.60. The molecule has 0 aliphatic carbocycles. The molecule has 1 aliphatic heterocycles. The van der Waals surface area contributed by atoms with Crippen molar-refractivity contribution in [3.63, 3.8) is 0 Å². The van der Waals surface area contributed by atoms with Gasteiger partial charge in [0.2, 0.25) is 5.91 Å². The van der Waals surface area contributed by atoms with Crippen molar-refractivity contribution < 1.29 is 4.79 Å². The van der Waals surface area contributed by atoms with Crippen LogP contribution in [-0.2, 0) is 4.79 Å². The van der Waals surface area contributed by atoms with Crippen molar-refractivity contribution in [1.82, 2.24) is 15.2 Å². The lowest BCUT2D eigenvalue weighted by molar-refractivity contribution is -0.132. The van der Waals surface area contributed by atoms with Gasteiger partial charge in [-0.1, -0.05) is 6.07 Å². The van der Waals surface area contributed by atoms with Crippen LogP contribution in [-0.4, -0.2) is 42.0 Å². The Balaban J connectivity index is 2.04. The predicted octanol–water partition coefficient (Wildman–Crippen LogP) is 1.01. The minimum atomic E-state index is -0.116. The van der Waals surface area contributed by atoms with E-state index in [9.17, 15) is 4.79 Å². The van der Waals surface area contributed by atoms with Gasteiger partial charge in [0.05, 0.1) is 5.92 Å². The van der Waals surface area contributed by atoms with E-state index in [0.29, 0.717) is 6.04 Å². The molecule has 17 heavy (non-hydrogen) atoms. The zero-order chi connectivity index (χ0) is 12.3. The molecule has 0 bridgehead atoms. The van der Waals surface area contributed by atoms with Gasteiger partial charge >= 0.3 is 0 Å². The van der Waals surface area contributed by atoms with Crippen molar-refractivity contribution in [2.75, 3.05) is 20.1 Å². The molecule has 2 rings (SSSR count). The summed E-state index contributed by atoms with van der Waals surface area (Å²) in [6, 6.07) is 4.16.